The summed E-state index contributed by atoms with van der Waals surface area (Å²) in [6, 6.07) is 9.58. The van der Waals surface area contributed by atoms with Crippen LogP contribution in [0.1, 0.15) is 49.3 Å². The summed E-state index contributed by atoms with van der Waals surface area (Å²) in [6.07, 6.45) is 14.3. The second-order valence-corrected chi connectivity index (χ2v) is 8.12. The molecule has 5 heteroatoms. The standard InChI is InChI=1S/C23H27N5/c1-24-22-20-10-12-28(23(20)27-15-26-22)19-9-7-16(13-19)4-5-17-6-8-18-3-2-11-25-21(18)14-17/h6,8,10-12,14-16,19H,2-5,7,9,13H2,1H3,(H,24,26,27). The fourth-order valence-electron chi connectivity index (χ4n) is 4.88. The lowest BCUT2D eigenvalue weighted by Crippen LogP contribution is -2.06. The Morgan fingerprint density at radius 1 is 1.18 bits per heavy atom. The summed E-state index contributed by atoms with van der Waals surface area (Å²) in [5.41, 5.74) is 5.07. The van der Waals surface area contributed by atoms with E-state index >= 15 is 0 Å². The normalized spacial score (nSPS) is 21.2. The summed E-state index contributed by atoms with van der Waals surface area (Å²) in [4.78, 5) is 13.5. The first kappa shape index (κ1) is 17.4. The summed E-state index contributed by atoms with van der Waals surface area (Å²) in [5.74, 6) is 1.70. The second kappa shape index (κ2) is 7.38. The first-order valence-electron chi connectivity index (χ1n) is 10.5. The van der Waals surface area contributed by atoms with Gasteiger partial charge < -0.3 is 9.88 Å². The average molecular weight is 374 g/mol. The van der Waals surface area contributed by atoms with Crippen LogP contribution < -0.4 is 5.32 Å². The Morgan fingerprint density at radius 3 is 3.07 bits per heavy atom. The molecule has 1 fully saturated rings. The molecule has 1 aliphatic heterocycles. The molecule has 144 valence electrons. The number of aryl methyl sites for hydroxylation is 2. The molecule has 2 atom stereocenters. The molecular weight excluding hydrogens is 346 g/mol. The van der Waals surface area contributed by atoms with E-state index < -0.39 is 0 Å². The topological polar surface area (TPSA) is 55.1 Å². The van der Waals surface area contributed by atoms with Gasteiger partial charge in [-0.2, -0.15) is 0 Å². The van der Waals surface area contributed by atoms with E-state index in [9.17, 15) is 0 Å². The Balaban J connectivity index is 1.25. The van der Waals surface area contributed by atoms with Crippen molar-refractivity contribution in [3.63, 3.8) is 0 Å². The largest absolute Gasteiger partial charge is 0.372 e. The van der Waals surface area contributed by atoms with E-state index in [0.717, 1.165) is 42.0 Å². The number of anilines is 1. The Labute approximate surface area is 165 Å². The van der Waals surface area contributed by atoms with Crippen molar-refractivity contribution >= 4 is 28.8 Å². The lowest BCUT2D eigenvalue weighted by Gasteiger charge is -2.15. The number of aromatic nitrogens is 3. The zero-order valence-corrected chi connectivity index (χ0v) is 16.4. The van der Waals surface area contributed by atoms with Crippen LogP contribution >= 0.6 is 0 Å². The quantitative estimate of drug-likeness (QED) is 0.677. The van der Waals surface area contributed by atoms with E-state index in [1.54, 1.807) is 6.33 Å². The van der Waals surface area contributed by atoms with Crippen molar-refractivity contribution in [3.8, 4) is 0 Å². The van der Waals surface area contributed by atoms with E-state index in [4.69, 9.17) is 0 Å². The number of nitrogens with zero attached hydrogens (tertiary/aromatic N) is 4. The molecule has 2 aromatic heterocycles. The first-order chi connectivity index (χ1) is 13.8. The fourth-order valence-corrected chi connectivity index (χ4v) is 4.88. The van der Waals surface area contributed by atoms with Crippen LogP contribution in [0.25, 0.3) is 11.0 Å². The van der Waals surface area contributed by atoms with E-state index in [1.807, 2.05) is 7.05 Å². The highest BCUT2D eigenvalue weighted by Gasteiger charge is 2.27. The lowest BCUT2D eigenvalue weighted by molar-refractivity contribution is 0.461. The molecule has 0 bridgehead atoms. The minimum Gasteiger partial charge on any atom is -0.372 e. The molecule has 28 heavy (non-hydrogen) atoms. The summed E-state index contributed by atoms with van der Waals surface area (Å²) in [6.45, 7) is 0. The Kier molecular flexibility index (Phi) is 4.59. The van der Waals surface area contributed by atoms with Crippen molar-refractivity contribution in [2.45, 2.75) is 51.0 Å². The SMILES string of the molecule is CNc1ncnc2c1ccn2C1CCC(CCc2ccc3c(c2)N=CCC3)C1. The van der Waals surface area contributed by atoms with Gasteiger partial charge in [-0.05, 0) is 74.1 Å². The maximum atomic E-state index is 4.58. The molecule has 5 rings (SSSR count). The maximum Gasteiger partial charge on any atom is 0.145 e. The van der Waals surface area contributed by atoms with Crippen molar-refractivity contribution < 1.29 is 0 Å². The summed E-state index contributed by atoms with van der Waals surface area (Å²) < 4.78 is 2.37. The van der Waals surface area contributed by atoms with Gasteiger partial charge in [0, 0.05) is 25.5 Å². The molecule has 3 aromatic rings. The molecule has 1 aliphatic carbocycles. The van der Waals surface area contributed by atoms with Crippen LogP contribution in [-0.4, -0.2) is 27.8 Å². The zero-order chi connectivity index (χ0) is 18.9. The average Bonchev–Trinajstić information content (AvgIpc) is 3.38. The van der Waals surface area contributed by atoms with Gasteiger partial charge in [-0.25, -0.2) is 9.97 Å². The van der Waals surface area contributed by atoms with Gasteiger partial charge in [0.25, 0.3) is 0 Å². The van der Waals surface area contributed by atoms with Gasteiger partial charge in [-0.15, -0.1) is 0 Å². The molecule has 1 saturated carbocycles. The van der Waals surface area contributed by atoms with Gasteiger partial charge in [-0.1, -0.05) is 12.1 Å². The van der Waals surface area contributed by atoms with Crippen LogP contribution in [0.4, 0.5) is 11.5 Å². The van der Waals surface area contributed by atoms with Gasteiger partial charge in [0.05, 0.1) is 11.1 Å². The van der Waals surface area contributed by atoms with E-state index in [2.05, 4.69) is 61.5 Å². The maximum absolute atomic E-state index is 4.58. The molecular formula is C23H27N5. The summed E-state index contributed by atoms with van der Waals surface area (Å²) >= 11 is 0. The third kappa shape index (κ3) is 3.19. The molecule has 0 radical (unpaired) electrons. The Bertz CT molecular complexity index is 1020. The van der Waals surface area contributed by atoms with Crippen LogP contribution in [0, 0.1) is 5.92 Å². The van der Waals surface area contributed by atoms with Crippen LogP contribution in [0.3, 0.4) is 0 Å². The van der Waals surface area contributed by atoms with Crippen LogP contribution in [0.2, 0.25) is 0 Å². The first-order valence-corrected chi connectivity index (χ1v) is 10.5. The molecule has 3 heterocycles. The van der Waals surface area contributed by atoms with E-state index in [-0.39, 0.29) is 0 Å². The minimum absolute atomic E-state index is 0.551. The molecule has 2 aliphatic rings. The zero-order valence-electron chi connectivity index (χ0n) is 16.4. The third-order valence-electron chi connectivity index (χ3n) is 6.42. The van der Waals surface area contributed by atoms with Crippen molar-refractivity contribution in [2.75, 3.05) is 12.4 Å². The van der Waals surface area contributed by atoms with E-state index in [1.165, 1.54) is 42.5 Å². The highest BCUT2D eigenvalue weighted by molar-refractivity contribution is 5.87. The summed E-state index contributed by atoms with van der Waals surface area (Å²) in [5, 5.41) is 4.28. The van der Waals surface area contributed by atoms with Gasteiger partial charge in [0.2, 0.25) is 0 Å². The smallest absolute Gasteiger partial charge is 0.145 e. The Hall–Kier alpha value is -2.69. The predicted octanol–water partition coefficient (Wildman–Crippen LogP) is 5.10. The lowest BCUT2D eigenvalue weighted by atomic mass is 9.95. The van der Waals surface area contributed by atoms with Crippen molar-refractivity contribution in [3.05, 3.63) is 47.9 Å². The molecule has 5 nitrogen and oxygen atoms in total. The number of hydrogen-bond donors (Lipinski definition) is 1. The third-order valence-corrected chi connectivity index (χ3v) is 6.42. The minimum atomic E-state index is 0.551. The number of rotatable bonds is 5. The Morgan fingerprint density at radius 2 is 2.14 bits per heavy atom. The predicted molar refractivity (Wildman–Crippen MR) is 115 cm³/mol. The van der Waals surface area contributed by atoms with Crippen LogP contribution in [0.5, 0.6) is 0 Å². The molecule has 1 aromatic carbocycles. The molecule has 0 spiro atoms. The molecule has 0 saturated heterocycles. The van der Waals surface area contributed by atoms with Gasteiger partial charge >= 0.3 is 0 Å². The van der Waals surface area contributed by atoms with Crippen molar-refractivity contribution in [2.24, 2.45) is 10.9 Å². The summed E-state index contributed by atoms with van der Waals surface area (Å²) in [7, 11) is 1.91. The van der Waals surface area contributed by atoms with Crippen LogP contribution in [-0.2, 0) is 12.8 Å². The van der Waals surface area contributed by atoms with Crippen molar-refractivity contribution in [1.82, 2.24) is 14.5 Å². The van der Waals surface area contributed by atoms with Gasteiger partial charge in [0.1, 0.15) is 17.8 Å². The van der Waals surface area contributed by atoms with Crippen molar-refractivity contribution in [1.29, 1.82) is 0 Å². The number of aliphatic imine (C=N–C) groups is 1. The van der Waals surface area contributed by atoms with Crippen LogP contribution in [0.15, 0.2) is 41.8 Å². The molecule has 1 N–H and O–H groups in total. The van der Waals surface area contributed by atoms with Gasteiger partial charge in [0.15, 0.2) is 0 Å². The monoisotopic (exact) mass is 373 g/mol. The number of nitrogens with one attached hydrogen (secondary N) is 1. The fraction of sp³-hybridized carbons (Fsp3) is 0.435. The number of fused-ring (bicyclic) bond motifs is 2. The van der Waals surface area contributed by atoms with E-state index in [0.29, 0.717) is 6.04 Å². The highest BCUT2D eigenvalue weighted by atomic mass is 15.1. The number of hydrogen-bond acceptors (Lipinski definition) is 4. The number of benzene rings is 1. The molecule has 2 unspecified atom stereocenters. The van der Waals surface area contributed by atoms with Gasteiger partial charge in [-0.3, -0.25) is 4.99 Å². The second-order valence-electron chi connectivity index (χ2n) is 8.12. The highest BCUT2D eigenvalue weighted by Crippen LogP contribution is 2.39. The molecule has 0 amide bonds.